The Balaban J connectivity index is 1.72. The molecule has 2 heterocycles. The van der Waals surface area contributed by atoms with Crippen LogP contribution in [0.3, 0.4) is 0 Å². The van der Waals surface area contributed by atoms with E-state index in [1.165, 1.54) is 46.5 Å². The van der Waals surface area contributed by atoms with Crippen LogP contribution in [0.2, 0.25) is 0 Å². The molecule has 3 rings (SSSR count). The maximum atomic E-state index is 12.2. The highest BCUT2D eigenvalue weighted by molar-refractivity contribution is 7.13. The Morgan fingerprint density at radius 1 is 1.35 bits per heavy atom. The van der Waals surface area contributed by atoms with Crippen molar-refractivity contribution in [2.75, 3.05) is 5.32 Å². The first-order valence-corrected chi connectivity index (χ1v) is 8.47. The minimum absolute atomic E-state index is 0.0508. The average Bonchev–Trinajstić information content (AvgIpc) is 3.13. The van der Waals surface area contributed by atoms with Crippen molar-refractivity contribution in [3.05, 3.63) is 74.1 Å². The number of nitrogens with zero attached hydrogens (tertiary/aromatic N) is 3. The summed E-state index contributed by atoms with van der Waals surface area (Å²) in [5, 5.41) is 15.3. The monoisotopic (exact) mass is 370 g/mol. The fourth-order valence-corrected chi connectivity index (χ4v) is 3.04. The molecular formula is C17H14N4O4S. The minimum Gasteiger partial charge on any atom is -0.324 e. The molecule has 0 atom stereocenters. The van der Waals surface area contributed by atoms with Gasteiger partial charge in [-0.15, -0.1) is 11.3 Å². The molecule has 8 nitrogen and oxygen atoms in total. The van der Waals surface area contributed by atoms with E-state index in [-0.39, 0.29) is 17.8 Å². The minimum atomic E-state index is -0.501. The van der Waals surface area contributed by atoms with E-state index in [0.29, 0.717) is 16.9 Å². The Labute approximate surface area is 151 Å². The Bertz CT molecular complexity index is 1030. The van der Waals surface area contributed by atoms with Gasteiger partial charge in [-0.1, -0.05) is 6.07 Å². The van der Waals surface area contributed by atoms with Crippen LogP contribution in [0, 0.1) is 17.0 Å². The van der Waals surface area contributed by atoms with Gasteiger partial charge >= 0.3 is 0 Å². The summed E-state index contributed by atoms with van der Waals surface area (Å²) in [7, 11) is 0. The lowest BCUT2D eigenvalue weighted by Gasteiger charge is -2.09. The maximum Gasteiger partial charge on any atom is 0.269 e. The first-order valence-electron chi connectivity index (χ1n) is 7.59. The molecule has 1 aromatic carbocycles. The number of hydrogen-bond donors (Lipinski definition) is 1. The lowest BCUT2D eigenvalue weighted by molar-refractivity contribution is -0.384. The molecule has 3 aromatic rings. The van der Waals surface area contributed by atoms with Crippen LogP contribution in [-0.2, 0) is 11.3 Å². The summed E-state index contributed by atoms with van der Waals surface area (Å²) in [4.78, 5) is 39.7. The number of amides is 1. The molecule has 0 saturated heterocycles. The van der Waals surface area contributed by atoms with Gasteiger partial charge in [0.15, 0.2) is 0 Å². The third kappa shape index (κ3) is 3.83. The fraction of sp³-hybridized carbons (Fsp3) is 0.118. The van der Waals surface area contributed by atoms with E-state index in [2.05, 4.69) is 10.3 Å². The third-order valence-corrected chi connectivity index (χ3v) is 4.55. The number of rotatable bonds is 5. The zero-order chi connectivity index (χ0) is 18.7. The molecule has 26 heavy (non-hydrogen) atoms. The van der Waals surface area contributed by atoms with Crippen LogP contribution >= 0.6 is 11.3 Å². The van der Waals surface area contributed by atoms with E-state index in [1.807, 2.05) is 17.5 Å². The number of aryl methyl sites for hydroxylation is 1. The van der Waals surface area contributed by atoms with Gasteiger partial charge in [-0.2, -0.15) is 0 Å². The van der Waals surface area contributed by atoms with Crippen LogP contribution in [0.25, 0.3) is 10.6 Å². The number of aromatic nitrogens is 2. The summed E-state index contributed by atoms with van der Waals surface area (Å²) in [6, 6.07) is 9.27. The van der Waals surface area contributed by atoms with Gasteiger partial charge in [0.25, 0.3) is 11.2 Å². The molecule has 1 N–H and O–H groups in total. The SMILES string of the molecule is Cc1cc([N+](=O)[O-])ccc1NC(=O)Cn1cnc(-c2cccs2)cc1=O. The number of thiophene rings is 1. The summed E-state index contributed by atoms with van der Waals surface area (Å²) < 4.78 is 1.20. The number of anilines is 1. The highest BCUT2D eigenvalue weighted by Gasteiger charge is 2.12. The maximum absolute atomic E-state index is 12.2. The van der Waals surface area contributed by atoms with Gasteiger partial charge in [0.05, 0.1) is 21.8 Å². The molecule has 1 amide bonds. The molecule has 0 fully saturated rings. The van der Waals surface area contributed by atoms with Crippen molar-refractivity contribution in [1.82, 2.24) is 9.55 Å². The van der Waals surface area contributed by atoms with Gasteiger partial charge in [0, 0.05) is 23.9 Å². The highest BCUT2D eigenvalue weighted by atomic mass is 32.1. The van der Waals surface area contributed by atoms with Gasteiger partial charge in [0.2, 0.25) is 5.91 Å². The molecule has 0 aliphatic heterocycles. The van der Waals surface area contributed by atoms with Gasteiger partial charge in [-0.25, -0.2) is 4.98 Å². The lowest BCUT2D eigenvalue weighted by atomic mass is 10.2. The summed E-state index contributed by atoms with van der Waals surface area (Å²) >= 11 is 1.47. The average molecular weight is 370 g/mol. The Morgan fingerprint density at radius 2 is 2.15 bits per heavy atom. The predicted molar refractivity (Wildman–Crippen MR) is 98.3 cm³/mol. The van der Waals surface area contributed by atoms with Crippen molar-refractivity contribution in [2.45, 2.75) is 13.5 Å². The number of carbonyl (C=O) groups excluding carboxylic acids is 1. The lowest BCUT2D eigenvalue weighted by Crippen LogP contribution is -2.27. The molecule has 132 valence electrons. The topological polar surface area (TPSA) is 107 Å². The van der Waals surface area contributed by atoms with E-state index >= 15 is 0 Å². The molecular weight excluding hydrogens is 356 g/mol. The number of carbonyl (C=O) groups is 1. The molecule has 0 bridgehead atoms. The van der Waals surface area contributed by atoms with E-state index in [4.69, 9.17) is 0 Å². The molecule has 0 aliphatic rings. The summed E-state index contributed by atoms with van der Waals surface area (Å²) in [5.41, 5.74) is 1.19. The van der Waals surface area contributed by atoms with Crippen molar-refractivity contribution in [3.63, 3.8) is 0 Å². The Hall–Kier alpha value is -3.33. The fourth-order valence-electron chi connectivity index (χ4n) is 2.35. The van der Waals surface area contributed by atoms with E-state index in [0.717, 1.165) is 4.88 Å². The number of nitrogens with one attached hydrogen (secondary N) is 1. The van der Waals surface area contributed by atoms with E-state index in [1.54, 1.807) is 6.92 Å². The largest absolute Gasteiger partial charge is 0.324 e. The number of nitro benzene ring substituents is 1. The van der Waals surface area contributed by atoms with Crippen LogP contribution in [0.15, 0.2) is 52.9 Å². The second kappa shape index (κ2) is 7.28. The summed E-state index contributed by atoms with van der Waals surface area (Å²) in [6.45, 7) is 1.46. The highest BCUT2D eigenvalue weighted by Crippen LogP contribution is 2.22. The number of hydrogen-bond acceptors (Lipinski definition) is 6. The van der Waals surface area contributed by atoms with Gasteiger partial charge < -0.3 is 5.32 Å². The Morgan fingerprint density at radius 3 is 2.77 bits per heavy atom. The molecule has 0 unspecified atom stereocenters. The standard InChI is InChI=1S/C17H14N4O4S/c1-11-7-12(21(24)25)4-5-13(11)19-16(22)9-20-10-18-14(8-17(20)23)15-3-2-6-26-15/h2-8,10H,9H2,1H3,(H,19,22). The van der Waals surface area contributed by atoms with Crippen molar-refractivity contribution in [3.8, 4) is 10.6 Å². The van der Waals surface area contributed by atoms with Crippen molar-refractivity contribution in [1.29, 1.82) is 0 Å². The van der Waals surface area contributed by atoms with E-state index in [9.17, 15) is 19.7 Å². The molecule has 0 radical (unpaired) electrons. The molecule has 0 saturated carbocycles. The van der Waals surface area contributed by atoms with Crippen molar-refractivity contribution in [2.24, 2.45) is 0 Å². The van der Waals surface area contributed by atoms with Gasteiger partial charge in [-0.3, -0.25) is 24.3 Å². The first-order chi connectivity index (χ1) is 12.4. The van der Waals surface area contributed by atoms with Crippen LogP contribution in [0.4, 0.5) is 11.4 Å². The predicted octanol–water partition coefficient (Wildman–Crippen LogP) is 2.83. The van der Waals surface area contributed by atoms with Crippen molar-refractivity contribution >= 4 is 28.6 Å². The number of nitro groups is 1. The third-order valence-electron chi connectivity index (χ3n) is 3.66. The number of non-ortho nitro benzene ring substituents is 1. The summed E-state index contributed by atoms with van der Waals surface area (Å²) in [6.07, 6.45) is 1.33. The van der Waals surface area contributed by atoms with Gasteiger partial charge in [-0.05, 0) is 30.0 Å². The second-order valence-electron chi connectivity index (χ2n) is 5.52. The van der Waals surface area contributed by atoms with Crippen LogP contribution in [-0.4, -0.2) is 20.4 Å². The van der Waals surface area contributed by atoms with Crippen LogP contribution < -0.4 is 10.9 Å². The van der Waals surface area contributed by atoms with Crippen LogP contribution in [0.1, 0.15) is 5.56 Å². The molecule has 2 aromatic heterocycles. The second-order valence-corrected chi connectivity index (χ2v) is 6.47. The quantitative estimate of drug-likeness (QED) is 0.549. The zero-order valence-corrected chi connectivity index (χ0v) is 14.5. The van der Waals surface area contributed by atoms with Gasteiger partial charge in [0.1, 0.15) is 6.54 Å². The summed E-state index contributed by atoms with van der Waals surface area (Å²) in [5.74, 6) is -0.422. The van der Waals surface area contributed by atoms with Crippen molar-refractivity contribution < 1.29 is 9.72 Å². The zero-order valence-electron chi connectivity index (χ0n) is 13.7. The first kappa shape index (κ1) is 17.5. The molecule has 0 spiro atoms. The Kier molecular flexibility index (Phi) is 4.90. The molecule has 0 aliphatic carbocycles. The molecule has 9 heteroatoms. The smallest absolute Gasteiger partial charge is 0.269 e. The normalized spacial score (nSPS) is 10.5. The number of benzene rings is 1. The van der Waals surface area contributed by atoms with Crippen LogP contribution in [0.5, 0.6) is 0 Å². The van der Waals surface area contributed by atoms with E-state index < -0.39 is 10.8 Å².